The lowest BCUT2D eigenvalue weighted by Gasteiger charge is -2.09. The van der Waals surface area contributed by atoms with Gasteiger partial charge in [0.15, 0.2) is 0 Å². The molecule has 3 N–H and O–H groups in total. The number of rotatable bonds is 4. The van der Waals surface area contributed by atoms with E-state index in [2.05, 4.69) is 19.2 Å². The van der Waals surface area contributed by atoms with Crippen molar-refractivity contribution in [3.8, 4) is 0 Å². The Kier molecular flexibility index (Phi) is 4.68. The molecule has 0 aliphatic heterocycles. The fraction of sp³-hybridized carbons (Fsp3) is 0.417. The van der Waals surface area contributed by atoms with Crippen LogP contribution in [0.15, 0.2) is 23.1 Å². The monoisotopic (exact) mass is 238 g/mol. The van der Waals surface area contributed by atoms with Crippen LogP contribution in [0.4, 0.5) is 5.69 Å². The van der Waals surface area contributed by atoms with Gasteiger partial charge in [-0.2, -0.15) is 0 Å². The van der Waals surface area contributed by atoms with Crippen molar-refractivity contribution < 1.29 is 4.79 Å². The van der Waals surface area contributed by atoms with Crippen LogP contribution in [0.5, 0.6) is 0 Å². The Morgan fingerprint density at radius 3 is 2.69 bits per heavy atom. The number of anilines is 1. The Bertz CT molecular complexity index is 377. The van der Waals surface area contributed by atoms with Crippen LogP contribution in [0, 0.1) is 0 Å². The van der Waals surface area contributed by atoms with Crippen LogP contribution in [0.2, 0.25) is 0 Å². The van der Waals surface area contributed by atoms with E-state index in [-0.39, 0.29) is 5.91 Å². The second-order valence-electron chi connectivity index (χ2n) is 3.78. The molecule has 16 heavy (non-hydrogen) atoms. The van der Waals surface area contributed by atoms with E-state index in [9.17, 15) is 4.79 Å². The third kappa shape index (κ3) is 3.45. The van der Waals surface area contributed by atoms with Crippen LogP contribution >= 0.6 is 11.8 Å². The highest BCUT2D eigenvalue weighted by molar-refractivity contribution is 8.00. The van der Waals surface area contributed by atoms with Crippen LogP contribution in [0.3, 0.4) is 0 Å². The number of nitrogen functional groups attached to an aromatic ring is 1. The first-order valence-electron chi connectivity index (χ1n) is 5.39. The highest BCUT2D eigenvalue weighted by Gasteiger charge is 2.08. The van der Waals surface area contributed by atoms with Gasteiger partial charge in [-0.05, 0) is 25.1 Å². The van der Waals surface area contributed by atoms with E-state index < -0.39 is 0 Å². The molecule has 0 aliphatic rings. The fourth-order valence-electron chi connectivity index (χ4n) is 1.31. The number of hydrogen-bond acceptors (Lipinski definition) is 3. The Balaban J connectivity index is 2.86. The Morgan fingerprint density at radius 1 is 1.50 bits per heavy atom. The highest BCUT2D eigenvalue weighted by Crippen LogP contribution is 2.29. The molecule has 0 unspecified atom stereocenters. The minimum Gasteiger partial charge on any atom is -0.398 e. The molecular formula is C12H18N2OS. The topological polar surface area (TPSA) is 55.1 Å². The molecule has 88 valence electrons. The van der Waals surface area contributed by atoms with E-state index in [0.717, 1.165) is 4.90 Å². The second kappa shape index (κ2) is 5.80. The maximum atomic E-state index is 11.6. The first-order valence-corrected chi connectivity index (χ1v) is 6.27. The van der Waals surface area contributed by atoms with E-state index in [0.29, 0.717) is 23.0 Å². The van der Waals surface area contributed by atoms with Gasteiger partial charge in [0.2, 0.25) is 0 Å². The van der Waals surface area contributed by atoms with Crippen molar-refractivity contribution in [3.63, 3.8) is 0 Å². The molecule has 0 radical (unpaired) electrons. The van der Waals surface area contributed by atoms with Gasteiger partial charge in [-0.1, -0.05) is 13.8 Å². The van der Waals surface area contributed by atoms with Gasteiger partial charge < -0.3 is 11.1 Å². The lowest BCUT2D eigenvalue weighted by molar-refractivity contribution is 0.0956. The van der Waals surface area contributed by atoms with Gasteiger partial charge in [0.05, 0.1) is 0 Å². The SMILES string of the molecule is CCNC(=O)c1ccc(SC(C)C)c(N)c1. The lowest BCUT2D eigenvalue weighted by atomic mass is 10.2. The summed E-state index contributed by atoms with van der Waals surface area (Å²) < 4.78 is 0. The van der Waals surface area contributed by atoms with Crippen LogP contribution in [-0.4, -0.2) is 17.7 Å². The maximum Gasteiger partial charge on any atom is 0.251 e. The third-order valence-electron chi connectivity index (χ3n) is 1.97. The van der Waals surface area contributed by atoms with Gasteiger partial charge in [0.1, 0.15) is 0 Å². The van der Waals surface area contributed by atoms with Crippen molar-refractivity contribution in [1.82, 2.24) is 5.32 Å². The van der Waals surface area contributed by atoms with Gasteiger partial charge in [-0.3, -0.25) is 4.79 Å². The molecule has 0 aliphatic carbocycles. The molecular weight excluding hydrogens is 220 g/mol. The van der Waals surface area contributed by atoms with E-state index in [1.54, 1.807) is 17.8 Å². The summed E-state index contributed by atoms with van der Waals surface area (Å²) in [6, 6.07) is 5.45. The van der Waals surface area contributed by atoms with Crippen LogP contribution in [-0.2, 0) is 0 Å². The summed E-state index contributed by atoms with van der Waals surface area (Å²) >= 11 is 1.70. The van der Waals surface area contributed by atoms with Crippen molar-refractivity contribution in [2.24, 2.45) is 0 Å². The van der Waals surface area contributed by atoms with E-state index in [4.69, 9.17) is 5.73 Å². The summed E-state index contributed by atoms with van der Waals surface area (Å²) in [5, 5.41) is 3.23. The second-order valence-corrected chi connectivity index (χ2v) is 5.40. The Labute approximate surface area is 101 Å². The largest absolute Gasteiger partial charge is 0.398 e. The summed E-state index contributed by atoms with van der Waals surface area (Å²) in [5.74, 6) is -0.0738. The molecule has 0 saturated heterocycles. The maximum absolute atomic E-state index is 11.6. The van der Waals surface area contributed by atoms with Crippen molar-refractivity contribution in [2.45, 2.75) is 30.9 Å². The molecule has 0 saturated carbocycles. The Morgan fingerprint density at radius 2 is 2.19 bits per heavy atom. The van der Waals surface area contributed by atoms with Gasteiger partial charge in [-0.25, -0.2) is 0 Å². The average molecular weight is 238 g/mol. The molecule has 1 rings (SSSR count). The molecule has 0 spiro atoms. The van der Waals surface area contributed by atoms with E-state index >= 15 is 0 Å². The zero-order valence-corrected chi connectivity index (χ0v) is 10.7. The summed E-state index contributed by atoms with van der Waals surface area (Å²) in [6.07, 6.45) is 0. The van der Waals surface area contributed by atoms with Gasteiger partial charge in [0.25, 0.3) is 5.91 Å². The third-order valence-corrected chi connectivity index (χ3v) is 3.07. The molecule has 1 amide bonds. The standard InChI is InChI=1S/C12H18N2OS/c1-4-14-12(15)9-5-6-11(10(13)7-9)16-8(2)3/h5-8H,4,13H2,1-3H3,(H,14,15). The number of benzene rings is 1. The van der Waals surface area contributed by atoms with Crippen LogP contribution in [0.1, 0.15) is 31.1 Å². The minimum atomic E-state index is -0.0738. The molecule has 3 nitrogen and oxygen atoms in total. The Hall–Kier alpha value is -1.16. The number of carbonyl (C=O) groups is 1. The number of nitrogens with one attached hydrogen (secondary N) is 1. The first kappa shape index (κ1) is 12.9. The van der Waals surface area contributed by atoms with Crippen molar-refractivity contribution in [2.75, 3.05) is 12.3 Å². The number of hydrogen-bond donors (Lipinski definition) is 2. The van der Waals surface area contributed by atoms with Crippen molar-refractivity contribution >= 4 is 23.4 Å². The molecule has 4 heteroatoms. The lowest BCUT2D eigenvalue weighted by Crippen LogP contribution is -2.22. The smallest absolute Gasteiger partial charge is 0.251 e. The average Bonchev–Trinajstić information content (AvgIpc) is 2.20. The van der Waals surface area contributed by atoms with Gasteiger partial charge in [0, 0.05) is 27.9 Å². The summed E-state index contributed by atoms with van der Waals surface area (Å²) in [6.45, 7) is 6.75. The summed E-state index contributed by atoms with van der Waals surface area (Å²) in [4.78, 5) is 12.6. The fourth-order valence-corrected chi connectivity index (χ4v) is 2.16. The summed E-state index contributed by atoms with van der Waals surface area (Å²) in [5.41, 5.74) is 7.19. The quantitative estimate of drug-likeness (QED) is 0.626. The molecule has 0 heterocycles. The number of amides is 1. The van der Waals surface area contributed by atoms with Crippen LogP contribution < -0.4 is 11.1 Å². The molecule has 0 atom stereocenters. The minimum absolute atomic E-state index is 0.0738. The van der Waals surface area contributed by atoms with Crippen molar-refractivity contribution in [1.29, 1.82) is 0 Å². The molecule has 1 aromatic carbocycles. The van der Waals surface area contributed by atoms with Crippen molar-refractivity contribution in [3.05, 3.63) is 23.8 Å². The normalized spacial score (nSPS) is 10.5. The molecule has 0 aromatic heterocycles. The van der Waals surface area contributed by atoms with E-state index in [1.807, 2.05) is 19.1 Å². The predicted octanol–water partition coefficient (Wildman–Crippen LogP) is 2.52. The van der Waals surface area contributed by atoms with Gasteiger partial charge in [-0.15, -0.1) is 11.8 Å². The molecule has 1 aromatic rings. The number of thioether (sulfide) groups is 1. The molecule has 0 bridgehead atoms. The van der Waals surface area contributed by atoms with Gasteiger partial charge >= 0.3 is 0 Å². The number of nitrogens with two attached hydrogens (primary N) is 1. The highest BCUT2D eigenvalue weighted by atomic mass is 32.2. The predicted molar refractivity (Wildman–Crippen MR) is 69.9 cm³/mol. The first-order chi connectivity index (χ1) is 7.54. The molecule has 0 fully saturated rings. The van der Waals surface area contributed by atoms with E-state index in [1.165, 1.54) is 0 Å². The number of carbonyl (C=O) groups excluding carboxylic acids is 1. The zero-order chi connectivity index (χ0) is 12.1. The zero-order valence-electron chi connectivity index (χ0n) is 9.91. The summed E-state index contributed by atoms with van der Waals surface area (Å²) in [7, 11) is 0. The van der Waals surface area contributed by atoms with Crippen LogP contribution in [0.25, 0.3) is 0 Å².